The zero-order valence-electron chi connectivity index (χ0n) is 5.57. The van der Waals surface area contributed by atoms with E-state index in [0.29, 0.717) is 0 Å². The van der Waals surface area contributed by atoms with E-state index in [4.69, 9.17) is 16.7 Å². The summed E-state index contributed by atoms with van der Waals surface area (Å²) in [5, 5.41) is 8.61. The van der Waals surface area contributed by atoms with E-state index in [2.05, 4.69) is 4.74 Å². The van der Waals surface area contributed by atoms with Gasteiger partial charge in [0.1, 0.15) is 6.61 Å². The van der Waals surface area contributed by atoms with Gasteiger partial charge in [-0.15, -0.1) is 11.6 Å². The molecule has 0 rings (SSSR count). The van der Waals surface area contributed by atoms with Gasteiger partial charge < -0.3 is 9.84 Å². The molecule has 0 spiro atoms. The molecule has 6 heteroatoms. The van der Waals surface area contributed by atoms with E-state index in [1.807, 2.05) is 0 Å². The lowest BCUT2D eigenvalue weighted by molar-refractivity contribution is -0.216. The van der Waals surface area contributed by atoms with E-state index < -0.39 is 19.1 Å². The van der Waals surface area contributed by atoms with Crippen LogP contribution in [0.1, 0.15) is 6.42 Å². The van der Waals surface area contributed by atoms with Crippen molar-refractivity contribution in [1.82, 2.24) is 0 Å². The Morgan fingerprint density at radius 2 is 2.00 bits per heavy atom. The highest BCUT2D eigenvalue weighted by Gasteiger charge is 2.28. The lowest BCUT2D eigenvalue weighted by Gasteiger charge is -2.11. The molecule has 11 heavy (non-hydrogen) atoms. The summed E-state index contributed by atoms with van der Waals surface area (Å²) < 4.78 is 38.2. The van der Waals surface area contributed by atoms with Crippen LogP contribution in [0.15, 0.2) is 0 Å². The van der Waals surface area contributed by atoms with Crippen LogP contribution in [-0.4, -0.2) is 30.1 Å². The first-order valence-corrected chi connectivity index (χ1v) is 3.41. The topological polar surface area (TPSA) is 29.5 Å². The summed E-state index contributed by atoms with van der Waals surface area (Å²) in [5.74, 6) is 0.0685. The Morgan fingerprint density at radius 3 is 2.36 bits per heavy atom. The van der Waals surface area contributed by atoms with Crippen molar-refractivity contribution in [3.63, 3.8) is 0 Å². The third-order valence-electron chi connectivity index (χ3n) is 0.795. The number of halogens is 4. The van der Waals surface area contributed by atoms with Gasteiger partial charge in [-0.2, -0.15) is 13.2 Å². The van der Waals surface area contributed by atoms with Crippen LogP contribution < -0.4 is 0 Å². The van der Waals surface area contributed by atoms with Crippen LogP contribution in [0.3, 0.4) is 0 Å². The summed E-state index contributed by atoms with van der Waals surface area (Å²) >= 11 is 5.13. The lowest BCUT2D eigenvalue weighted by atomic mass is 10.5. The maximum atomic E-state index is 11.4. The zero-order valence-corrected chi connectivity index (χ0v) is 6.32. The second kappa shape index (κ2) is 4.79. The minimum absolute atomic E-state index is 0.00235. The standard InChI is InChI=1S/C5H8ClF3O2/c6-2-1-4(10)11-3-5(7,8)9/h4,10H,1-3H2. The van der Waals surface area contributed by atoms with E-state index >= 15 is 0 Å². The quantitative estimate of drug-likeness (QED) is 0.541. The van der Waals surface area contributed by atoms with Crippen LogP contribution in [0.4, 0.5) is 13.2 Å². The normalized spacial score (nSPS) is 15.0. The molecule has 1 N–H and O–H groups in total. The molecule has 0 radical (unpaired) electrons. The fourth-order valence-corrected chi connectivity index (χ4v) is 0.554. The van der Waals surface area contributed by atoms with Gasteiger partial charge in [0, 0.05) is 12.3 Å². The molecule has 1 unspecified atom stereocenters. The predicted octanol–water partition coefficient (Wildman–Crippen LogP) is 1.51. The number of ether oxygens (including phenoxy) is 1. The molecule has 0 aliphatic rings. The number of rotatable bonds is 4. The Balaban J connectivity index is 3.38. The Hall–Kier alpha value is -0.0000000000000000555. The van der Waals surface area contributed by atoms with E-state index in [-0.39, 0.29) is 12.3 Å². The Labute approximate surface area is 66.9 Å². The molecule has 2 nitrogen and oxygen atoms in total. The SMILES string of the molecule is OC(CCCl)OCC(F)(F)F. The number of alkyl halides is 4. The molecule has 0 saturated carbocycles. The summed E-state index contributed by atoms with van der Waals surface area (Å²) in [4.78, 5) is 0. The maximum absolute atomic E-state index is 11.4. The molecule has 0 heterocycles. The van der Waals surface area contributed by atoms with Crippen molar-refractivity contribution in [2.45, 2.75) is 18.9 Å². The van der Waals surface area contributed by atoms with Crippen molar-refractivity contribution < 1.29 is 23.0 Å². The first-order valence-electron chi connectivity index (χ1n) is 2.88. The lowest BCUT2D eigenvalue weighted by Crippen LogP contribution is -2.23. The first kappa shape index (κ1) is 11.0. The number of hydrogen-bond acceptors (Lipinski definition) is 2. The molecule has 0 aromatic rings. The van der Waals surface area contributed by atoms with Crippen molar-refractivity contribution in [3.8, 4) is 0 Å². The fourth-order valence-electron chi connectivity index (χ4n) is 0.367. The number of hydrogen-bond donors (Lipinski definition) is 1. The molecular weight excluding hydrogens is 184 g/mol. The first-order chi connectivity index (χ1) is 4.95. The van der Waals surface area contributed by atoms with Gasteiger partial charge in [-0.25, -0.2) is 0 Å². The molecule has 0 aromatic carbocycles. The zero-order chi connectivity index (χ0) is 8.91. The van der Waals surface area contributed by atoms with E-state index in [0.717, 1.165) is 0 Å². The van der Waals surface area contributed by atoms with Crippen LogP contribution in [0.5, 0.6) is 0 Å². The molecule has 0 saturated heterocycles. The van der Waals surface area contributed by atoms with Gasteiger partial charge in [0.15, 0.2) is 6.29 Å². The molecule has 0 fully saturated rings. The summed E-state index contributed by atoms with van der Waals surface area (Å²) in [6.45, 7) is -1.44. The molecular formula is C5H8ClF3O2. The molecule has 0 aliphatic heterocycles. The summed E-state index contributed by atoms with van der Waals surface area (Å²) in [7, 11) is 0. The highest BCUT2D eigenvalue weighted by Crippen LogP contribution is 2.15. The largest absolute Gasteiger partial charge is 0.411 e. The van der Waals surface area contributed by atoms with E-state index in [1.54, 1.807) is 0 Å². The Bertz CT molecular complexity index is 106. The van der Waals surface area contributed by atoms with Crippen LogP contribution in [0, 0.1) is 0 Å². The van der Waals surface area contributed by atoms with Crippen LogP contribution in [-0.2, 0) is 4.74 Å². The molecule has 0 aromatic heterocycles. The van der Waals surface area contributed by atoms with Crippen LogP contribution in [0.2, 0.25) is 0 Å². The fraction of sp³-hybridized carbons (Fsp3) is 1.00. The Kier molecular flexibility index (Phi) is 4.79. The molecule has 1 atom stereocenters. The summed E-state index contributed by atoms with van der Waals surface area (Å²) in [5.41, 5.74) is 0. The van der Waals surface area contributed by atoms with E-state index in [1.165, 1.54) is 0 Å². The van der Waals surface area contributed by atoms with Crippen LogP contribution >= 0.6 is 11.6 Å². The van der Waals surface area contributed by atoms with Gasteiger partial charge in [-0.05, 0) is 0 Å². The van der Waals surface area contributed by atoms with Crippen LogP contribution in [0.25, 0.3) is 0 Å². The second-order valence-corrected chi connectivity index (χ2v) is 2.24. The third kappa shape index (κ3) is 7.90. The second-order valence-electron chi connectivity index (χ2n) is 1.86. The summed E-state index contributed by atoms with van der Waals surface area (Å²) in [6.07, 6.45) is -5.82. The highest BCUT2D eigenvalue weighted by atomic mass is 35.5. The van der Waals surface area contributed by atoms with Gasteiger partial charge >= 0.3 is 6.18 Å². The van der Waals surface area contributed by atoms with Crippen molar-refractivity contribution in [2.75, 3.05) is 12.5 Å². The third-order valence-corrected chi connectivity index (χ3v) is 1.01. The number of aliphatic hydroxyl groups excluding tert-OH is 1. The number of aliphatic hydroxyl groups is 1. The van der Waals surface area contributed by atoms with Gasteiger partial charge in [0.2, 0.25) is 0 Å². The van der Waals surface area contributed by atoms with Crippen molar-refractivity contribution in [2.24, 2.45) is 0 Å². The van der Waals surface area contributed by atoms with Gasteiger partial charge in [0.05, 0.1) is 0 Å². The van der Waals surface area contributed by atoms with E-state index in [9.17, 15) is 13.2 Å². The minimum atomic E-state index is -4.40. The molecule has 0 aliphatic carbocycles. The van der Waals surface area contributed by atoms with Gasteiger partial charge in [0.25, 0.3) is 0 Å². The predicted molar refractivity (Wildman–Crippen MR) is 33.4 cm³/mol. The van der Waals surface area contributed by atoms with Gasteiger partial charge in [-0.1, -0.05) is 0 Å². The monoisotopic (exact) mass is 192 g/mol. The molecule has 0 amide bonds. The van der Waals surface area contributed by atoms with Crippen molar-refractivity contribution >= 4 is 11.6 Å². The smallest absolute Gasteiger partial charge is 0.368 e. The van der Waals surface area contributed by atoms with Crippen molar-refractivity contribution in [3.05, 3.63) is 0 Å². The highest BCUT2D eigenvalue weighted by molar-refractivity contribution is 6.17. The molecule has 68 valence electrons. The summed E-state index contributed by atoms with van der Waals surface area (Å²) in [6, 6.07) is 0. The van der Waals surface area contributed by atoms with Gasteiger partial charge in [-0.3, -0.25) is 0 Å². The Morgan fingerprint density at radius 1 is 1.45 bits per heavy atom. The minimum Gasteiger partial charge on any atom is -0.368 e. The van der Waals surface area contributed by atoms with Crippen molar-refractivity contribution in [1.29, 1.82) is 0 Å². The average molecular weight is 193 g/mol. The maximum Gasteiger partial charge on any atom is 0.411 e. The molecule has 0 bridgehead atoms. The average Bonchev–Trinajstić information content (AvgIpc) is 1.83.